The van der Waals surface area contributed by atoms with E-state index in [0.717, 1.165) is 22.8 Å². The second kappa shape index (κ2) is 11.0. The van der Waals surface area contributed by atoms with Gasteiger partial charge in [0.25, 0.3) is 0 Å². The Morgan fingerprint density at radius 3 is 2.47 bits per heavy atom. The van der Waals surface area contributed by atoms with Gasteiger partial charge < -0.3 is 10.6 Å². The molecule has 0 fully saturated rings. The highest BCUT2D eigenvalue weighted by molar-refractivity contribution is 7.88. The lowest BCUT2D eigenvalue weighted by molar-refractivity contribution is -0.121. The molecule has 0 saturated heterocycles. The summed E-state index contributed by atoms with van der Waals surface area (Å²) >= 11 is 11.9. The molecular weight excluding hydrogens is 471 g/mol. The van der Waals surface area contributed by atoms with Gasteiger partial charge in [-0.2, -0.15) is 0 Å². The van der Waals surface area contributed by atoms with Crippen LogP contribution in [-0.2, 0) is 14.8 Å². The Balaban J connectivity index is 1.50. The molecule has 1 heterocycles. The van der Waals surface area contributed by atoms with E-state index in [0.29, 0.717) is 35.1 Å². The molecule has 0 spiro atoms. The van der Waals surface area contributed by atoms with Gasteiger partial charge >= 0.3 is 0 Å². The number of amides is 1. The van der Waals surface area contributed by atoms with E-state index >= 15 is 0 Å². The maximum Gasteiger partial charge on any atom is 0.221 e. The first-order chi connectivity index (χ1) is 15.2. The minimum atomic E-state index is -3.49. The molecule has 7 nitrogen and oxygen atoms in total. The highest BCUT2D eigenvalue weighted by Gasteiger charge is 2.19. The normalized spacial score (nSPS) is 12.5. The molecule has 0 radical (unpaired) electrons. The standard InChI is InChI=1S/C22H24Cl2N4O3S/c1-32(30,31)28-20(15-3-5-16(23)6-4-15)14-22(29)27-11-2-10-25-19-9-12-26-21-13-17(24)7-8-18(19)21/h3-9,12-13,20,28H,2,10-11,14H2,1H3,(H,25,26)(H,27,29). The van der Waals surface area contributed by atoms with Gasteiger partial charge in [0, 0.05) is 46.8 Å². The molecule has 0 bridgehead atoms. The lowest BCUT2D eigenvalue weighted by Crippen LogP contribution is -2.33. The number of halogens is 2. The highest BCUT2D eigenvalue weighted by atomic mass is 35.5. The number of pyridine rings is 1. The number of carbonyl (C=O) groups is 1. The number of anilines is 1. The molecule has 0 aliphatic heterocycles. The van der Waals surface area contributed by atoms with E-state index in [-0.39, 0.29) is 12.3 Å². The summed E-state index contributed by atoms with van der Waals surface area (Å²) in [7, 11) is -3.49. The van der Waals surface area contributed by atoms with Gasteiger partial charge in [-0.05, 0) is 48.4 Å². The van der Waals surface area contributed by atoms with Crippen molar-refractivity contribution >= 4 is 55.7 Å². The summed E-state index contributed by atoms with van der Waals surface area (Å²) in [4.78, 5) is 16.7. The number of carbonyl (C=O) groups excluding carboxylic acids is 1. The van der Waals surface area contributed by atoms with Crippen molar-refractivity contribution in [1.29, 1.82) is 0 Å². The number of hydrogen-bond acceptors (Lipinski definition) is 5. The third kappa shape index (κ3) is 7.34. The second-order valence-electron chi connectivity index (χ2n) is 7.35. The first-order valence-electron chi connectivity index (χ1n) is 9.99. The first-order valence-corrected chi connectivity index (χ1v) is 12.6. The van der Waals surface area contributed by atoms with Crippen LogP contribution in [0.5, 0.6) is 0 Å². The fourth-order valence-electron chi connectivity index (χ4n) is 3.25. The van der Waals surface area contributed by atoms with Crippen LogP contribution in [0.3, 0.4) is 0 Å². The minimum absolute atomic E-state index is 0.0160. The molecule has 3 N–H and O–H groups in total. The number of aromatic nitrogens is 1. The Kier molecular flexibility index (Phi) is 8.31. The quantitative estimate of drug-likeness (QED) is 0.367. The van der Waals surface area contributed by atoms with Crippen LogP contribution >= 0.6 is 23.2 Å². The smallest absolute Gasteiger partial charge is 0.221 e. The molecule has 1 unspecified atom stereocenters. The number of benzene rings is 2. The zero-order valence-corrected chi connectivity index (χ0v) is 19.8. The monoisotopic (exact) mass is 494 g/mol. The maximum atomic E-state index is 12.4. The van der Waals surface area contributed by atoms with E-state index < -0.39 is 16.1 Å². The van der Waals surface area contributed by atoms with Crippen molar-refractivity contribution in [1.82, 2.24) is 15.0 Å². The topological polar surface area (TPSA) is 100 Å². The van der Waals surface area contributed by atoms with Gasteiger partial charge in [0.1, 0.15) is 0 Å². The van der Waals surface area contributed by atoms with E-state index in [2.05, 4.69) is 20.3 Å². The molecular formula is C22H24Cl2N4O3S. The Hall–Kier alpha value is -2.39. The average molecular weight is 495 g/mol. The SMILES string of the molecule is CS(=O)(=O)NC(CC(=O)NCCCNc1ccnc2cc(Cl)ccc12)c1ccc(Cl)cc1. The molecule has 1 aromatic heterocycles. The summed E-state index contributed by atoms with van der Waals surface area (Å²) in [5, 5.41) is 8.33. The summed E-state index contributed by atoms with van der Waals surface area (Å²) in [5.41, 5.74) is 2.42. The Morgan fingerprint density at radius 2 is 1.75 bits per heavy atom. The van der Waals surface area contributed by atoms with E-state index in [9.17, 15) is 13.2 Å². The first kappa shape index (κ1) is 24.3. The molecule has 0 aliphatic carbocycles. The van der Waals surface area contributed by atoms with Crippen LogP contribution in [0.1, 0.15) is 24.4 Å². The number of nitrogens with one attached hydrogen (secondary N) is 3. The number of sulfonamides is 1. The van der Waals surface area contributed by atoms with Crippen molar-refractivity contribution in [3.05, 3.63) is 70.3 Å². The van der Waals surface area contributed by atoms with E-state index in [1.807, 2.05) is 24.3 Å². The van der Waals surface area contributed by atoms with Crippen molar-refractivity contribution in [2.24, 2.45) is 0 Å². The van der Waals surface area contributed by atoms with Crippen LogP contribution in [0.15, 0.2) is 54.7 Å². The van der Waals surface area contributed by atoms with Gasteiger partial charge in [-0.1, -0.05) is 35.3 Å². The largest absolute Gasteiger partial charge is 0.384 e. The molecule has 2 aromatic carbocycles. The van der Waals surface area contributed by atoms with Gasteiger partial charge in [0.15, 0.2) is 0 Å². The van der Waals surface area contributed by atoms with Crippen molar-refractivity contribution in [2.45, 2.75) is 18.9 Å². The summed E-state index contributed by atoms with van der Waals surface area (Å²) in [6.07, 6.45) is 3.46. The van der Waals surface area contributed by atoms with Gasteiger partial charge in [-0.3, -0.25) is 9.78 Å². The molecule has 3 aromatic rings. The Morgan fingerprint density at radius 1 is 1.03 bits per heavy atom. The van der Waals surface area contributed by atoms with Crippen LogP contribution in [-0.4, -0.2) is 38.7 Å². The average Bonchev–Trinajstić information content (AvgIpc) is 2.72. The van der Waals surface area contributed by atoms with E-state index in [4.69, 9.17) is 23.2 Å². The van der Waals surface area contributed by atoms with Crippen molar-refractivity contribution in [3.8, 4) is 0 Å². The van der Waals surface area contributed by atoms with Crippen LogP contribution < -0.4 is 15.4 Å². The number of fused-ring (bicyclic) bond motifs is 1. The second-order valence-corrected chi connectivity index (χ2v) is 10.0. The van der Waals surface area contributed by atoms with Gasteiger partial charge in [-0.15, -0.1) is 0 Å². The van der Waals surface area contributed by atoms with Gasteiger partial charge in [-0.25, -0.2) is 13.1 Å². The molecule has 0 aliphatic rings. The number of nitrogens with zero attached hydrogens (tertiary/aromatic N) is 1. The van der Waals surface area contributed by atoms with Crippen molar-refractivity contribution in [2.75, 3.05) is 24.7 Å². The predicted octanol–water partition coefficient (Wildman–Crippen LogP) is 4.14. The molecule has 3 rings (SSSR count). The van der Waals surface area contributed by atoms with Gasteiger partial charge in [0.05, 0.1) is 17.8 Å². The third-order valence-electron chi connectivity index (χ3n) is 4.71. The van der Waals surface area contributed by atoms with Crippen LogP contribution in [0.25, 0.3) is 10.9 Å². The predicted molar refractivity (Wildman–Crippen MR) is 130 cm³/mol. The summed E-state index contributed by atoms with van der Waals surface area (Å²) in [6.45, 7) is 1.09. The fourth-order valence-corrected chi connectivity index (χ4v) is 4.28. The summed E-state index contributed by atoms with van der Waals surface area (Å²) in [5.74, 6) is -0.245. The van der Waals surface area contributed by atoms with Crippen LogP contribution in [0.2, 0.25) is 10.0 Å². The lowest BCUT2D eigenvalue weighted by atomic mass is 10.0. The minimum Gasteiger partial charge on any atom is -0.384 e. The van der Waals surface area contributed by atoms with E-state index in [1.54, 1.807) is 30.5 Å². The molecule has 170 valence electrons. The van der Waals surface area contributed by atoms with E-state index in [1.165, 1.54) is 0 Å². The zero-order valence-electron chi connectivity index (χ0n) is 17.4. The molecule has 10 heteroatoms. The van der Waals surface area contributed by atoms with Crippen molar-refractivity contribution in [3.63, 3.8) is 0 Å². The van der Waals surface area contributed by atoms with Crippen molar-refractivity contribution < 1.29 is 13.2 Å². The summed E-state index contributed by atoms with van der Waals surface area (Å²) in [6, 6.07) is 13.5. The van der Waals surface area contributed by atoms with Crippen LogP contribution in [0.4, 0.5) is 5.69 Å². The zero-order chi connectivity index (χ0) is 23.1. The Bertz CT molecular complexity index is 1190. The number of rotatable bonds is 10. The van der Waals surface area contributed by atoms with Crippen LogP contribution in [0, 0.1) is 0 Å². The Labute approximate surface area is 197 Å². The summed E-state index contributed by atoms with van der Waals surface area (Å²) < 4.78 is 25.9. The highest BCUT2D eigenvalue weighted by Crippen LogP contribution is 2.24. The fraction of sp³-hybridized carbons (Fsp3) is 0.273. The lowest BCUT2D eigenvalue weighted by Gasteiger charge is -2.18. The molecule has 1 atom stereocenters. The molecule has 32 heavy (non-hydrogen) atoms. The molecule has 1 amide bonds. The molecule has 0 saturated carbocycles. The maximum absolute atomic E-state index is 12.4. The number of hydrogen-bond donors (Lipinski definition) is 3. The van der Waals surface area contributed by atoms with Gasteiger partial charge in [0.2, 0.25) is 15.9 Å². The third-order valence-corrected chi connectivity index (χ3v) is 5.91.